The van der Waals surface area contributed by atoms with Crippen molar-refractivity contribution in [3.63, 3.8) is 0 Å². The molecule has 0 saturated carbocycles. The summed E-state index contributed by atoms with van der Waals surface area (Å²) >= 11 is 0. The van der Waals surface area contributed by atoms with Crippen LogP contribution in [0.5, 0.6) is 0 Å². The molecule has 1 fully saturated rings. The Labute approximate surface area is 132 Å². The molecule has 1 aromatic carbocycles. The van der Waals surface area contributed by atoms with Crippen molar-refractivity contribution in [3.05, 3.63) is 41.9 Å². The highest BCUT2D eigenvalue weighted by Gasteiger charge is 2.18. The maximum atomic E-state index is 5.43. The van der Waals surface area contributed by atoms with Crippen molar-refractivity contribution in [2.75, 3.05) is 26.3 Å². The summed E-state index contributed by atoms with van der Waals surface area (Å²) in [5, 5.41) is 0. The monoisotopic (exact) mass is 299 g/mol. The average molecular weight is 299 g/mol. The number of hydrogen-bond donors (Lipinski definition) is 1. The van der Waals surface area contributed by atoms with E-state index in [2.05, 4.69) is 53.0 Å². The van der Waals surface area contributed by atoms with E-state index in [1.165, 1.54) is 11.1 Å². The summed E-state index contributed by atoms with van der Waals surface area (Å²) in [5.41, 5.74) is 3.67. The number of imidazole rings is 1. The molecule has 1 saturated heterocycles. The third-order valence-electron chi connectivity index (χ3n) is 4.41. The number of benzene rings is 1. The number of hydrogen-bond acceptors (Lipinski definition) is 3. The predicted octanol–water partition coefficient (Wildman–Crippen LogP) is 3.42. The first-order chi connectivity index (χ1) is 10.8. The molecule has 1 aliphatic rings. The van der Waals surface area contributed by atoms with E-state index in [9.17, 15) is 0 Å². The molecule has 4 nitrogen and oxygen atoms in total. The molecule has 118 valence electrons. The smallest absolute Gasteiger partial charge is 0.106 e. The second-order valence-electron chi connectivity index (χ2n) is 5.94. The van der Waals surface area contributed by atoms with Gasteiger partial charge in [0.25, 0.3) is 0 Å². The van der Waals surface area contributed by atoms with Crippen molar-refractivity contribution in [3.8, 4) is 11.3 Å². The summed E-state index contributed by atoms with van der Waals surface area (Å²) in [7, 11) is 0. The van der Waals surface area contributed by atoms with Crippen molar-refractivity contribution in [1.82, 2.24) is 14.9 Å². The fraction of sp³-hybridized carbons (Fsp3) is 0.500. The Morgan fingerprint density at radius 1 is 1.23 bits per heavy atom. The van der Waals surface area contributed by atoms with Crippen LogP contribution in [0.15, 0.2) is 30.5 Å². The zero-order valence-electron chi connectivity index (χ0n) is 13.5. The standard InChI is InChI=1S/C18H25N3O/c1-3-4-18-19-13-17(20-18)16-7-5-15(6-8-16)14(2)21-9-11-22-12-10-21/h5-8,13-14H,3-4,9-12H2,1-2H3,(H,19,20). The lowest BCUT2D eigenvalue weighted by molar-refractivity contribution is 0.0198. The van der Waals surface area contributed by atoms with E-state index < -0.39 is 0 Å². The van der Waals surface area contributed by atoms with Crippen molar-refractivity contribution < 1.29 is 4.74 Å². The van der Waals surface area contributed by atoms with Gasteiger partial charge in [0.1, 0.15) is 5.82 Å². The zero-order valence-corrected chi connectivity index (χ0v) is 13.5. The first-order valence-electron chi connectivity index (χ1n) is 8.24. The minimum atomic E-state index is 0.440. The second kappa shape index (κ2) is 7.07. The van der Waals surface area contributed by atoms with Gasteiger partial charge in [0.15, 0.2) is 0 Å². The number of morpholine rings is 1. The van der Waals surface area contributed by atoms with Gasteiger partial charge in [-0.15, -0.1) is 0 Å². The van der Waals surface area contributed by atoms with Crippen LogP contribution in [0.25, 0.3) is 11.3 Å². The van der Waals surface area contributed by atoms with E-state index in [-0.39, 0.29) is 0 Å². The second-order valence-corrected chi connectivity index (χ2v) is 5.94. The van der Waals surface area contributed by atoms with E-state index in [1.807, 2.05) is 6.20 Å². The quantitative estimate of drug-likeness (QED) is 0.919. The average Bonchev–Trinajstić information content (AvgIpc) is 3.04. The van der Waals surface area contributed by atoms with Gasteiger partial charge in [-0.25, -0.2) is 4.98 Å². The van der Waals surface area contributed by atoms with Crippen LogP contribution in [-0.4, -0.2) is 41.2 Å². The van der Waals surface area contributed by atoms with Crippen LogP contribution < -0.4 is 0 Å². The molecule has 1 aromatic heterocycles. The largest absolute Gasteiger partial charge is 0.379 e. The van der Waals surface area contributed by atoms with Gasteiger partial charge in [0, 0.05) is 25.6 Å². The van der Waals surface area contributed by atoms with Crippen LogP contribution in [-0.2, 0) is 11.2 Å². The van der Waals surface area contributed by atoms with Gasteiger partial charge < -0.3 is 9.72 Å². The molecule has 0 aliphatic carbocycles. The molecule has 0 bridgehead atoms. The minimum absolute atomic E-state index is 0.440. The van der Waals surface area contributed by atoms with E-state index in [0.717, 1.165) is 50.7 Å². The molecule has 2 aromatic rings. The fourth-order valence-corrected chi connectivity index (χ4v) is 2.99. The van der Waals surface area contributed by atoms with Crippen LogP contribution in [0.1, 0.15) is 37.7 Å². The van der Waals surface area contributed by atoms with E-state index in [0.29, 0.717) is 6.04 Å². The normalized spacial score (nSPS) is 17.5. The molecule has 1 atom stereocenters. The van der Waals surface area contributed by atoms with Crippen molar-refractivity contribution in [1.29, 1.82) is 0 Å². The van der Waals surface area contributed by atoms with Crippen molar-refractivity contribution in [2.45, 2.75) is 32.7 Å². The summed E-state index contributed by atoms with van der Waals surface area (Å²) in [4.78, 5) is 10.3. The van der Waals surface area contributed by atoms with Gasteiger partial charge >= 0.3 is 0 Å². The molecular weight excluding hydrogens is 274 g/mol. The Hall–Kier alpha value is -1.65. The van der Waals surface area contributed by atoms with Gasteiger partial charge in [-0.1, -0.05) is 31.2 Å². The first-order valence-corrected chi connectivity index (χ1v) is 8.24. The maximum Gasteiger partial charge on any atom is 0.106 e. The SMILES string of the molecule is CCCc1ncc(-c2ccc(C(C)N3CCOCC3)cc2)[nH]1. The molecule has 1 N–H and O–H groups in total. The third kappa shape index (κ3) is 3.39. The lowest BCUT2D eigenvalue weighted by Gasteiger charge is -2.32. The van der Waals surface area contributed by atoms with E-state index >= 15 is 0 Å². The third-order valence-corrected chi connectivity index (χ3v) is 4.41. The van der Waals surface area contributed by atoms with Crippen LogP contribution in [0.4, 0.5) is 0 Å². The molecule has 0 radical (unpaired) electrons. The van der Waals surface area contributed by atoms with E-state index in [1.54, 1.807) is 0 Å². The van der Waals surface area contributed by atoms with Crippen LogP contribution >= 0.6 is 0 Å². The van der Waals surface area contributed by atoms with E-state index in [4.69, 9.17) is 4.74 Å². The summed E-state index contributed by atoms with van der Waals surface area (Å²) in [6.07, 6.45) is 4.06. The molecule has 3 rings (SSSR count). The Kier molecular flexibility index (Phi) is 4.90. The number of ether oxygens (including phenoxy) is 1. The lowest BCUT2D eigenvalue weighted by atomic mass is 10.0. The predicted molar refractivity (Wildman–Crippen MR) is 88.8 cm³/mol. The highest BCUT2D eigenvalue weighted by molar-refractivity contribution is 5.59. The summed E-state index contributed by atoms with van der Waals surface area (Å²) in [5.74, 6) is 1.07. The Morgan fingerprint density at radius 3 is 2.64 bits per heavy atom. The van der Waals surface area contributed by atoms with Gasteiger partial charge in [-0.05, 0) is 24.5 Å². The maximum absolute atomic E-state index is 5.43. The van der Waals surface area contributed by atoms with Crippen molar-refractivity contribution >= 4 is 0 Å². The van der Waals surface area contributed by atoms with Crippen LogP contribution in [0.3, 0.4) is 0 Å². The molecule has 0 amide bonds. The number of aryl methyl sites for hydroxylation is 1. The summed E-state index contributed by atoms with van der Waals surface area (Å²) in [6.45, 7) is 8.17. The van der Waals surface area contributed by atoms with Crippen molar-refractivity contribution in [2.24, 2.45) is 0 Å². The molecule has 4 heteroatoms. The highest BCUT2D eigenvalue weighted by atomic mass is 16.5. The zero-order chi connectivity index (χ0) is 15.4. The molecule has 22 heavy (non-hydrogen) atoms. The van der Waals surface area contributed by atoms with Crippen LogP contribution in [0.2, 0.25) is 0 Å². The van der Waals surface area contributed by atoms with Gasteiger partial charge in [-0.2, -0.15) is 0 Å². The number of aromatic amines is 1. The molecular formula is C18H25N3O. The Balaban J connectivity index is 1.71. The first kappa shape index (κ1) is 15.3. The van der Waals surface area contributed by atoms with Gasteiger partial charge in [0.05, 0.1) is 25.1 Å². The Morgan fingerprint density at radius 2 is 1.95 bits per heavy atom. The van der Waals surface area contributed by atoms with Gasteiger partial charge in [-0.3, -0.25) is 4.90 Å². The number of H-pyrrole nitrogens is 1. The fourth-order valence-electron chi connectivity index (χ4n) is 2.99. The number of aromatic nitrogens is 2. The lowest BCUT2D eigenvalue weighted by Crippen LogP contribution is -2.37. The topological polar surface area (TPSA) is 41.2 Å². The number of nitrogens with one attached hydrogen (secondary N) is 1. The summed E-state index contributed by atoms with van der Waals surface area (Å²) in [6, 6.07) is 9.28. The Bertz CT molecular complexity index is 585. The highest BCUT2D eigenvalue weighted by Crippen LogP contribution is 2.24. The number of rotatable bonds is 5. The molecule has 1 unspecified atom stereocenters. The summed E-state index contributed by atoms with van der Waals surface area (Å²) < 4.78 is 5.43. The number of nitrogens with zero attached hydrogens (tertiary/aromatic N) is 2. The van der Waals surface area contributed by atoms with Crippen LogP contribution in [0, 0.1) is 0 Å². The van der Waals surface area contributed by atoms with Gasteiger partial charge in [0.2, 0.25) is 0 Å². The molecule has 2 heterocycles. The molecule has 0 spiro atoms. The molecule has 1 aliphatic heterocycles. The minimum Gasteiger partial charge on any atom is -0.379 e.